The minimum Gasteiger partial charge on any atom is -0.508 e. The van der Waals surface area contributed by atoms with E-state index in [2.05, 4.69) is 10.0 Å². The van der Waals surface area contributed by atoms with Crippen molar-refractivity contribution in [3.8, 4) is 5.75 Å². The van der Waals surface area contributed by atoms with Crippen molar-refractivity contribution in [2.45, 2.75) is 19.4 Å². The second kappa shape index (κ2) is 5.58. The summed E-state index contributed by atoms with van der Waals surface area (Å²) in [6.07, 6.45) is 1.07. The molecule has 0 aromatic heterocycles. The molecule has 0 bridgehead atoms. The van der Waals surface area contributed by atoms with Gasteiger partial charge in [-0.1, -0.05) is 0 Å². The standard InChI is InChI=1S/C12H18N2O4S/c1-12(2,14-19(3,17)18)8-13-11(16)9-4-6-10(15)7-5-9/h4-7,14-15H,8H2,1-3H3,(H,13,16). The van der Waals surface area contributed by atoms with Crippen molar-refractivity contribution in [2.24, 2.45) is 0 Å². The highest BCUT2D eigenvalue weighted by atomic mass is 32.2. The molecule has 0 aliphatic carbocycles. The Balaban J connectivity index is 2.61. The first-order valence-electron chi connectivity index (χ1n) is 5.65. The van der Waals surface area contributed by atoms with Gasteiger partial charge in [0.1, 0.15) is 5.75 Å². The first-order valence-corrected chi connectivity index (χ1v) is 7.54. The fraction of sp³-hybridized carbons (Fsp3) is 0.417. The largest absolute Gasteiger partial charge is 0.508 e. The number of benzene rings is 1. The summed E-state index contributed by atoms with van der Waals surface area (Å²) in [7, 11) is -3.33. The Hall–Kier alpha value is -1.60. The third kappa shape index (κ3) is 5.71. The van der Waals surface area contributed by atoms with Gasteiger partial charge >= 0.3 is 0 Å². The fourth-order valence-electron chi connectivity index (χ4n) is 1.55. The van der Waals surface area contributed by atoms with E-state index in [-0.39, 0.29) is 18.2 Å². The second-order valence-electron chi connectivity index (χ2n) is 4.99. The summed E-state index contributed by atoms with van der Waals surface area (Å²) in [6.45, 7) is 3.50. The summed E-state index contributed by atoms with van der Waals surface area (Å²) in [5.74, 6) is -0.251. The van der Waals surface area contributed by atoms with Crippen LogP contribution < -0.4 is 10.0 Å². The highest BCUT2D eigenvalue weighted by Gasteiger charge is 2.22. The van der Waals surface area contributed by atoms with Crippen molar-refractivity contribution in [2.75, 3.05) is 12.8 Å². The van der Waals surface area contributed by atoms with Gasteiger partial charge in [0.2, 0.25) is 10.0 Å². The number of carbonyl (C=O) groups is 1. The quantitative estimate of drug-likeness (QED) is 0.732. The van der Waals surface area contributed by atoms with Crippen molar-refractivity contribution in [3.63, 3.8) is 0 Å². The van der Waals surface area contributed by atoms with E-state index in [1.807, 2.05) is 0 Å². The Morgan fingerprint density at radius 3 is 2.26 bits per heavy atom. The van der Waals surface area contributed by atoms with Crippen LogP contribution in [-0.4, -0.2) is 37.8 Å². The van der Waals surface area contributed by atoms with Crippen LogP contribution in [0.5, 0.6) is 5.75 Å². The zero-order valence-electron chi connectivity index (χ0n) is 11.1. The van der Waals surface area contributed by atoms with Crippen molar-refractivity contribution in [1.29, 1.82) is 0 Å². The molecular formula is C12H18N2O4S. The summed E-state index contributed by atoms with van der Waals surface area (Å²) in [5.41, 5.74) is -0.381. The molecule has 7 heteroatoms. The van der Waals surface area contributed by atoms with Gasteiger partial charge in [-0.25, -0.2) is 13.1 Å². The average molecular weight is 286 g/mol. The van der Waals surface area contributed by atoms with Crippen molar-refractivity contribution in [3.05, 3.63) is 29.8 Å². The van der Waals surface area contributed by atoms with Crippen LogP contribution in [-0.2, 0) is 10.0 Å². The maximum absolute atomic E-state index is 11.8. The molecule has 0 spiro atoms. The Morgan fingerprint density at radius 2 is 1.79 bits per heavy atom. The number of phenolic OH excluding ortho intramolecular Hbond substituents is 1. The monoisotopic (exact) mass is 286 g/mol. The molecule has 0 aliphatic rings. The number of aromatic hydroxyl groups is 1. The van der Waals surface area contributed by atoms with Crippen LogP contribution in [0, 0.1) is 0 Å². The lowest BCUT2D eigenvalue weighted by Gasteiger charge is -2.25. The van der Waals surface area contributed by atoms with Gasteiger partial charge < -0.3 is 10.4 Å². The van der Waals surface area contributed by atoms with Crippen LogP contribution in [0.15, 0.2) is 24.3 Å². The number of sulfonamides is 1. The molecule has 0 fully saturated rings. The lowest BCUT2D eigenvalue weighted by molar-refractivity contribution is 0.0944. The highest BCUT2D eigenvalue weighted by molar-refractivity contribution is 7.88. The lowest BCUT2D eigenvalue weighted by Crippen LogP contribution is -2.50. The number of hydrogen-bond acceptors (Lipinski definition) is 4. The Kier molecular flexibility index (Phi) is 4.54. The predicted molar refractivity (Wildman–Crippen MR) is 72.5 cm³/mol. The minimum atomic E-state index is -3.33. The molecule has 6 nitrogen and oxygen atoms in total. The summed E-state index contributed by atoms with van der Waals surface area (Å²) >= 11 is 0. The van der Waals surface area contributed by atoms with Crippen LogP contribution >= 0.6 is 0 Å². The van der Waals surface area contributed by atoms with Crippen LogP contribution in [0.1, 0.15) is 24.2 Å². The fourth-order valence-corrected chi connectivity index (χ4v) is 2.63. The molecule has 1 amide bonds. The highest BCUT2D eigenvalue weighted by Crippen LogP contribution is 2.10. The van der Waals surface area contributed by atoms with E-state index in [9.17, 15) is 13.2 Å². The minimum absolute atomic E-state index is 0.0793. The molecule has 0 radical (unpaired) electrons. The normalized spacial score (nSPS) is 12.2. The third-order valence-corrected chi connectivity index (χ3v) is 3.21. The number of phenols is 1. The van der Waals surface area contributed by atoms with Gasteiger partial charge in [-0.2, -0.15) is 0 Å². The first kappa shape index (κ1) is 15.5. The van der Waals surface area contributed by atoms with E-state index in [0.29, 0.717) is 5.56 Å². The average Bonchev–Trinajstić information content (AvgIpc) is 2.24. The topological polar surface area (TPSA) is 95.5 Å². The number of rotatable bonds is 5. The zero-order valence-corrected chi connectivity index (χ0v) is 11.9. The van der Waals surface area contributed by atoms with Gasteiger partial charge in [-0.05, 0) is 38.1 Å². The summed E-state index contributed by atoms with van der Waals surface area (Å²) in [5, 5.41) is 11.8. The molecule has 0 unspecified atom stereocenters. The Labute approximate surface area is 112 Å². The van der Waals surface area contributed by atoms with Crippen LogP contribution in [0.25, 0.3) is 0 Å². The molecule has 0 saturated heterocycles. The van der Waals surface area contributed by atoms with Gasteiger partial charge in [0.15, 0.2) is 0 Å². The molecule has 0 saturated carbocycles. The second-order valence-corrected chi connectivity index (χ2v) is 6.74. The van der Waals surface area contributed by atoms with Crippen molar-refractivity contribution >= 4 is 15.9 Å². The molecule has 0 heterocycles. The number of carbonyl (C=O) groups excluding carboxylic acids is 1. The maximum atomic E-state index is 11.8. The molecule has 1 aromatic carbocycles. The van der Waals surface area contributed by atoms with Gasteiger partial charge in [-0.3, -0.25) is 4.79 Å². The van der Waals surface area contributed by atoms with Crippen LogP contribution in [0.2, 0.25) is 0 Å². The summed E-state index contributed by atoms with van der Waals surface area (Å²) in [4.78, 5) is 11.8. The van der Waals surface area contributed by atoms with Gasteiger partial charge in [-0.15, -0.1) is 0 Å². The van der Waals surface area contributed by atoms with E-state index in [4.69, 9.17) is 5.11 Å². The maximum Gasteiger partial charge on any atom is 0.251 e. The molecular weight excluding hydrogens is 268 g/mol. The van der Waals surface area contributed by atoms with Gasteiger partial charge in [0.05, 0.1) is 6.26 Å². The van der Waals surface area contributed by atoms with Crippen molar-refractivity contribution < 1.29 is 18.3 Å². The third-order valence-electron chi connectivity index (χ3n) is 2.28. The SMILES string of the molecule is CC(C)(CNC(=O)c1ccc(O)cc1)NS(C)(=O)=O. The van der Waals surface area contributed by atoms with Crippen LogP contribution in [0.4, 0.5) is 0 Å². The number of nitrogens with one attached hydrogen (secondary N) is 2. The van der Waals surface area contributed by atoms with Gasteiger partial charge in [0, 0.05) is 17.6 Å². The predicted octanol–water partition coefficient (Wildman–Crippen LogP) is 0.450. The Bertz CT molecular complexity index is 550. The molecule has 1 aromatic rings. The summed E-state index contributed by atoms with van der Waals surface area (Å²) < 4.78 is 24.7. The van der Waals surface area contributed by atoms with E-state index >= 15 is 0 Å². The van der Waals surface area contributed by atoms with E-state index in [1.165, 1.54) is 24.3 Å². The first-order chi connectivity index (χ1) is 8.59. The molecule has 1 rings (SSSR count). The van der Waals surface area contributed by atoms with E-state index in [1.54, 1.807) is 13.8 Å². The molecule has 0 aliphatic heterocycles. The zero-order chi connectivity index (χ0) is 14.7. The summed E-state index contributed by atoms with van der Waals surface area (Å²) in [6, 6.07) is 5.80. The molecule has 106 valence electrons. The lowest BCUT2D eigenvalue weighted by atomic mass is 10.1. The van der Waals surface area contributed by atoms with Crippen LogP contribution in [0.3, 0.4) is 0 Å². The van der Waals surface area contributed by atoms with E-state index < -0.39 is 15.6 Å². The van der Waals surface area contributed by atoms with Crippen molar-refractivity contribution in [1.82, 2.24) is 10.0 Å². The molecule has 3 N–H and O–H groups in total. The van der Waals surface area contributed by atoms with E-state index in [0.717, 1.165) is 6.26 Å². The molecule has 19 heavy (non-hydrogen) atoms. The number of hydrogen-bond donors (Lipinski definition) is 3. The Morgan fingerprint density at radius 1 is 1.26 bits per heavy atom. The molecule has 0 atom stereocenters. The van der Waals surface area contributed by atoms with Gasteiger partial charge in [0.25, 0.3) is 5.91 Å². The number of amides is 1. The smallest absolute Gasteiger partial charge is 0.251 e.